The Bertz CT molecular complexity index is 1140. The molecule has 6 heteroatoms. The van der Waals surface area contributed by atoms with Gasteiger partial charge in [0.2, 0.25) is 11.9 Å². The van der Waals surface area contributed by atoms with Gasteiger partial charge in [-0.2, -0.15) is 0 Å². The third-order valence-electron chi connectivity index (χ3n) is 7.24. The summed E-state index contributed by atoms with van der Waals surface area (Å²) in [6, 6.07) is 18.0. The first-order chi connectivity index (χ1) is 16.1. The molecule has 2 aliphatic rings. The van der Waals surface area contributed by atoms with E-state index >= 15 is 0 Å². The smallest absolute Gasteiger partial charge is 0.233 e. The fourth-order valence-electron chi connectivity index (χ4n) is 5.61. The van der Waals surface area contributed by atoms with Crippen LogP contribution in [0.15, 0.2) is 60.8 Å². The second kappa shape index (κ2) is 8.85. The Labute approximate surface area is 194 Å². The zero-order chi connectivity index (χ0) is 22.8. The van der Waals surface area contributed by atoms with Gasteiger partial charge in [0.25, 0.3) is 0 Å². The molecule has 3 aromatic rings. The number of carbonyl (C=O) groups is 1. The number of methoxy groups -OCH3 is 1. The topological polar surface area (TPSA) is 81.3 Å². The zero-order valence-corrected chi connectivity index (χ0v) is 19.0. The molecule has 1 aliphatic carbocycles. The average Bonchev–Trinajstić information content (AvgIpc) is 3.55. The van der Waals surface area contributed by atoms with Crippen LogP contribution in [0.25, 0.3) is 11.1 Å². The molecular formula is C27H30N4O2. The van der Waals surface area contributed by atoms with Crippen molar-refractivity contribution in [1.82, 2.24) is 14.9 Å². The molecule has 2 fully saturated rings. The molecule has 6 nitrogen and oxygen atoms in total. The summed E-state index contributed by atoms with van der Waals surface area (Å²) in [5.41, 5.74) is 9.41. The van der Waals surface area contributed by atoms with Crippen LogP contribution in [0.2, 0.25) is 0 Å². The Morgan fingerprint density at radius 3 is 2.64 bits per heavy atom. The maximum Gasteiger partial charge on any atom is 0.233 e. The third kappa shape index (κ3) is 3.84. The number of nitrogen functional groups attached to an aromatic ring is 1. The zero-order valence-electron chi connectivity index (χ0n) is 19.0. The van der Waals surface area contributed by atoms with Crippen molar-refractivity contribution in [2.45, 2.75) is 50.0 Å². The van der Waals surface area contributed by atoms with Gasteiger partial charge < -0.3 is 15.4 Å². The summed E-state index contributed by atoms with van der Waals surface area (Å²) < 4.78 is 5.42. The minimum Gasteiger partial charge on any atom is -0.497 e. The summed E-state index contributed by atoms with van der Waals surface area (Å²) in [6.45, 7) is 0.736. The fraction of sp³-hybridized carbons (Fsp3) is 0.370. The Balaban J connectivity index is 1.55. The van der Waals surface area contributed by atoms with Gasteiger partial charge in [-0.15, -0.1) is 0 Å². The van der Waals surface area contributed by atoms with Crippen molar-refractivity contribution in [2.75, 3.05) is 19.4 Å². The van der Waals surface area contributed by atoms with Crippen molar-refractivity contribution in [2.24, 2.45) is 0 Å². The summed E-state index contributed by atoms with van der Waals surface area (Å²) in [6.07, 6.45) is 7.54. The molecule has 1 amide bonds. The molecule has 1 aromatic heterocycles. The largest absolute Gasteiger partial charge is 0.497 e. The molecule has 1 aliphatic heterocycles. The number of nitrogens with zero attached hydrogens (tertiary/aromatic N) is 3. The Hall–Kier alpha value is -3.41. The van der Waals surface area contributed by atoms with E-state index in [0.717, 1.165) is 73.2 Å². The highest BCUT2D eigenvalue weighted by Crippen LogP contribution is 2.46. The SMILES string of the molecule is COc1cccc(-c2cnc(N)nc2[C@H]2CCCN2C(=O)C2(c3ccccc3)CCCC2)c1. The minimum absolute atomic E-state index is 0.120. The molecule has 0 unspecified atom stereocenters. The lowest BCUT2D eigenvalue weighted by Gasteiger charge is -2.36. The highest BCUT2D eigenvalue weighted by molar-refractivity contribution is 5.89. The molecule has 33 heavy (non-hydrogen) atoms. The van der Waals surface area contributed by atoms with Crippen LogP contribution >= 0.6 is 0 Å². The van der Waals surface area contributed by atoms with Gasteiger partial charge in [0.1, 0.15) is 5.75 Å². The number of carbonyl (C=O) groups excluding carboxylic acids is 1. The summed E-state index contributed by atoms with van der Waals surface area (Å²) in [7, 11) is 1.65. The van der Waals surface area contributed by atoms with Crippen LogP contribution < -0.4 is 10.5 Å². The lowest BCUT2D eigenvalue weighted by atomic mass is 9.77. The standard InChI is InChI=1S/C27H30N4O2/c1-33-21-12-7-9-19(17-21)22-18-29-26(28)30-24(22)23-13-8-16-31(23)25(32)27(14-5-6-15-27)20-10-3-2-4-11-20/h2-4,7,9-12,17-18,23H,5-6,8,13-16H2,1H3,(H2,28,29,30)/t23-/m1/s1. The van der Waals surface area contributed by atoms with Gasteiger partial charge in [0.05, 0.1) is 24.3 Å². The molecule has 1 saturated heterocycles. The van der Waals surface area contributed by atoms with E-state index in [9.17, 15) is 4.79 Å². The molecule has 2 aromatic carbocycles. The first-order valence-electron chi connectivity index (χ1n) is 11.8. The third-order valence-corrected chi connectivity index (χ3v) is 7.24. The van der Waals surface area contributed by atoms with Gasteiger partial charge in [-0.3, -0.25) is 4.79 Å². The second-order valence-corrected chi connectivity index (χ2v) is 9.07. The Morgan fingerprint density at radius 2 is 1.88 bits per heavy atom. The molecule has 0 radical (unpaired) electrons. The summed E-state index contributed by atoms with van der Waals surface area (Å²) >= 11 is 0. The molecule has 0 bridgehead atoms. The lowest BCUT2D eigenvalue weighted by Crippen LogP contribution is -2.45. The minimum atomic E-state index is -0.446. The first-order valence-corrected chi connectivity index (χ1v) is 11.8. The van der Waals surface area contributed by atoms with Crippen molar-refractivity contribution in [3.8, 4) is 16.9 Å². The molecule has 1 saturated carbocycles. The average molecular weight is 443 g/mol. The van der Waals surface area contributed by atoms with Crippen LogP contribution in [0.3, 0.4) is 0 Å². The lowest BCUT2D eigenvalue weighted by molar-refractivity contribution is -0.138. The van der Waals surface area contributed by atoms with E-state index in [0.29, 0.717) is 0 Å². The van der Waals surface area contributed by atoms with Crippen molar-refractivity contribution >= 4 is 11.9 Å². The van der Waals surface area contributed by atoms with Crippen molar-refractivity contribution < 1.29 is 9.53 Å². The van der Waals surface area contributed by atoms with Crippen molar-refractivity contribution in [1.29, 1.82) is 0 Å². The summed E-state index contributed by atoms with van der Waals surface area (Å²) in [5.74, 6) is 1.22. The van der Waals surface area contributed by atoms with E-state index in [-0.39, 0.29) is 17.9 Å². The number of aromatic nitrogens is 2. The molecule has 2 heterocycles. The van der Waals surface area contributed by atoms with Crippen LogP contribution in [-0.4, -0.2) is 34.4 Å². The summed E-state index contributed by atoms with van der Waals surface area (Å²) in [5, 5.41) is 0. The van der Waals surface area contributed by atoms with Crippen molar-refractivity contribution in [3.05, 3.63) is 72.1 Å². The second-order valence-electron chi connectivity index (χ2n) is 9.07. The van der Waals surface area contributed by atoms with Gasteiger partial charge in [0.15, 0.2) is 0 Å². The molecule has 0 spiro atoms. The van der Waals surface area contributed by atoms with Gasteiger partial charge in [-0.25, -0.2) is 9.97 Å². The van der Waals surface area contributed by atoms with Gasteiger partial charge in [0, 0.05) is 18.3 Å². The highest BCUT2D eigenvalue weighted by atomic mass is 16.5. The van der Waals surface area contributed by atoms with Gasteiger partial charge in [-0.1, -0.05) is 55.3 Å². The van der Waals surface area contributed by atoms with Crippen LogP contribution in [0.1, 0.15) is 55.8 Å². The molecule has 5 rings (SSSR count). The number of anilines is 1. The number of rotatable bonds is 5. The van der Waals surface area contributed by atoms with Crippen LogP contribution in [0.4, 0.5) is 5.95 Å². The fourth-order valence-corrected chi connectivity index (χ4v) is 5.61. The van der Waals surface area contributed by atoms with Gasteiger partial charge >= 0.3 is 0 Å². The quantitative estimate of drug-likeness (QED) is 0.607. The van der Waals surface area contributed by atoms with Crippen molar-refractivity contribution in [3.63, 3.8) is 0 Å². The normalized spacial score (nSPS) is 19.5. The highest BCUT2D eigenvalue weighted by Gasteiger charge is 2.47. The Morgan fingerprint density at radius 1 is 1.09 bits per heavy atom. The number of amides is 1. The van der Waals surface area contributed by atoms with Gasteiger partial charge in [-0.05, 0) is 48.9 Å². The molecule has 2 N–H and O–H groups in total. The van der Waals surface area contributed by atoms with E-state index in [1.165, 1.54) is 0 Å². The predicted octanol–water partition coefficient (Wildman–Crippen LogP) is 4.91. The van der Waals surface area contributed by atoms with Crippen LogP contribution in [-0.2, 0) is 10.2 Å². The monoisotopic (exact) mass is 442 g/mol. The maximum atomic E-state index is 14.2. The number of benzene rings is 2. The van der Waals surface area contributed by atoms with E-state index in [4.69, 9.17) is 10.5 Å². The predicted molar refractivity (Wildman–Crippen MR) is 129 cm³/mol. The number of nitrogens with two attached hydrogens (primary N) is 1. The first kappa shape index (κ1) is 21.4. The number of likely N-dealkylation sites (tertiary alicyclic amines) is 1. The number of ether oxygens (including phenoxy) is 1. The maximum absolute atomic E-state index is 14.2. The van der Waals surface area contributed by atoms with E-state index in [2.05, 4.69) is 27.0 Å². The van der Waals surface area contributed by atoms with E-state index < -0.39 is 5.41 Å². The number of hydrogen-bond acceptors (Lipinski definition) is 5. The van der Waals surface area contributed by atoms with E-state index in [1.54, 1.807) is 13.3 Å². The summed E-state index contributed by atoms with van der Waals surface area (Å²) in [4.78, 5) is 25.2. The molecular weight excluding hydrogens is 412 g/mol. The molecule has 1 atom stereocenters. The van der Waals surface area contributed by atoms with E-state index in [1.807, 2.05) is 42.5 Å². The van der Waals surface area contributed by atoms with Crippen LogP contribution in [0, 0.1) is 0 Å². The Kier molecular flexibility index (Phi) is 5.75. The molecule has 170 valence electrons. The van der Waals surface area contributed by atoms with Crippen LogP contribution in [0.5, 0.6) is 5.75 Å². The number of hydrogen-bond donors (Lipinski definition) is 1.